The fourth-order valence-electron chi connectivity index (χ4n) is 1.42. The topological polar surface area (TPSA) is 55.1 Å². The number of anilines is 2. The maximum absolute atomic E-state index is 11.1. The molecule has 2 rings (SSSR count). The number of fused-ring (bicyclic) bond motifs is 1. The number of halogens is 1. The summed E-state index contributed by atoms with van der Waals surface area (Å²) < 4.78 is 0.891. The number of nitrogens with one attached hydrogen (secondary N) is 1. The molecule has 0 aliphatic carbocycles. The molecule has 0 saturated carbocycles. The zero-order valence-electron chi connectivity index (χ0n) is 6.93. The van der Waals surface area contributed by atoms with Crippen LogP contribution in [-0.4, -0.2) is 5.91 Å². The number of hydrogen-bond acceptors (Lipinski definition) is 2. The highest BCUT2D eigenvalue weighted by Gasteiger charge is 2.15. The van der Waals surface area contributed by atoms with Crippen molar-refractivity contribution < 1.29 is 4.79 Å². The zero-order chi connectivity index (χ0) is 9.42. The fourth-order valence-corrected chi connectivity index (χ4v) is 1.81. The van der Waals surface area contributed by atoms with Crippen LogP contribution >= 0.6 is 15.9 Å². The van der Waals surface area contributed by atoms with E-state index in [1.165, 1.54) is 0 Å². The molecule has 0 atom stereocenters. The molecule has 1 heterocycles. The van der Waals surface area contributed by atoms with Gasteiger partial charge in [0.15, 0.2) is 0 Å². The third-order valence-corrected chi connectivity index (χ3v) is 2.80. The quantitative estimate of drug-likeness (QED) is 0.681. The largest absolute Gasteiger partial charge is 0.398 e. The monoisotopic (exact) mass is 240 g/mol. The van der Waals surface area contributed by atoms with E-state index < -0.39 is 0 Å². The Bertz CT molecular complexity index is 376. The lowest BCUT2D eigenvalue weighted by Crippen LogP contribution is -2.19. The molecule has 68 valence electrons. The number of amides is 1. The normalized spacial score (nSPS) is 15.0. The molecule has 1 aliphatic heterocycles. The molecule has 3 N–H and O–H groups in total. The van der Waals surface area contributed by atoms with Gasteiger partial charge in [0.2, 0.25) is 5.91 Å². The van der Waals surface area contributed by atoms with Gasteiger partial charge in [0.05, 0.1) is 0 Å². The van der Waals surface area contributed by atoms with Crippen LogP contribution in [0.2, 0.25) is 0 Å². The molecule has 0 radical (unpaired) electrons. The summed E-state index contributed by atoms with van der Waals surface area (Å²) in [7, 11) is 0. The van der Waals surface area contributed by atoms with Gasteiger partial charge in [-0.15, -0.1) is 0 Å². The Labute approximate surface area is 84.4 Å². The fraction of sp³-hybridized carbons (Fsp3) is 0.222. The minimum absolute atomic E-state index is 0.0641. The van der Waals surface area contributed by atoms with Crippen molar-refractivity contribution in [2.75, 3.05) is 11.1 Å². The van der Waals surface area contributed by atoms with Crippen LogP contribution in [0.5, 0.6) is 0 Å². The number of hydrogen-bond donors (Lipinski definition) is 2. The van der Waals surface area contributed by atoms with E-state index in [1.54, 1.807) is 6.07 Å². The van der Waals surface area contributed by atoms with Crippen LogP contribution in [-0.2, 0) is 11.2 Å². The van der Waals surface area contributed by atoms with E-state index in [1.807, 2.05) is 6.07 Å². The third kappa shape index (κ3) is 1.54. The van der Waals surface area contributed by atoms with Gasteiger partial charge in [-0.2, -0.15) is 0 Å². The molecule has 1 aliphatic rings. The number of nitrogen functional groups attached to an aromatic ring is 1. The molecule has 0 unspecified atom stereocenters. The van der Waals surface area contributed by atoms with Gasteiger partial charge in [0.1, 0.15) is 0 Å². The summed E-state index contributed by atoms with van der Waals surface area (Å²) in [5, 5.41) is 2.79. The summed E-state index contributed by atoms with van der Waals surface area (Å²) in [6.07, 6.45) is 1.35. The molecule has 13 heavy (non-hydrogen) atoms. The van der Waals surface area contributed by atoms with E-state index in [0.29, 0.717) is 12.1 Å². The standard InChI is InChI=1S/C9H9BrN2O/c10-6-3-5-1-2-9(13)12-8(5)4-7(6)11/h3-4H,1-2,11H2,(H,12,13). The average Bonchev–Trinajstić information content (AvgIpc) is 2.08. The molecule has 1 amide bonds. The van der Waals surface area contributed by atoms with Crippen LogP contribution in [0.3, 0.4) is 0 Å². The summed E-state index contributed by atoms with van der Waals surface area (Å²) in [5.41, 5.74) is 8.33. The molecular weight excluding hydrogens is 232 g/mol. The number of nitrogens with two attached hydrogens (primary N) is 1. The van der Waals surface area contributed by atoms with Gasteiger partial charge in [-0.05, 0) is 40.0 Å². The van der Waals surface area contributed by atoms with E-state index in [-0.39, 0.29) is 5.91 Å². The number of benzene rings is 1. The molecule has 0 saturated heterocycles. The Balaban J connectivity index is 2.49. The highest BCUT2D eigenvalue weighted by atomic mass is 79.9. The molecule has 0 aromatic heterocycles. The van der Waals surface area contributed by atoms with Crippen LogP contribution in [0.4, 0.5) is 11.4 Å². The minimum atomic E-state index is 0.0641. The van der Waals surface area contributed by atoms with Crippen LogP contribution in [0.25, 0.3) is 0 Å². The van der Waals surface area contributed by atoms with Crippen LogP contribution in [0.1, 0.15) is 12.0 Å². The first-order chi connectivity index (χ1) is 6.16. The highest BCUT2D eigenvalue weighted by molar-refractivity contribution is 9.10. The Hall–Kier alpha value is -1.03. The van der Waals surface area contributed by atoms with Crippen molar-refractivity contribution in [3.05, 3.63) is 22.2 Å². The number of rotatable bonds is 0. The molecular formula is C9H9BrN2O. The lowest BCUT2D eigenvalue weighted by Gasteiger charge is -2.17. The number of carbonyl (C=O) groups excluding carboxylic acids is 1. The molecule has 1 aromatic carbocycles. The molecule has 4 heteroatoms. The first kappa shape index (κ1) is 8.56. The SMILES string of the molecule is Nc1cc2c(cc1Br)CCC(=O)N2. The zero-order valence-corrected chi connectivity index (χ0v) is 8.52. The Morgan fingerprint density at radius 2 is 2.15 bits per heavy atom. The van der Waals surface area contributed by atoms with Gasteiger partial charge >= 0.3 is 0 Å². The van der Waals surface area contributed by atoms with E-state index in [4.69, 9.17) is 5.73 Å². The summed E-state index contributed by atoms with van der Waals surface area (Å²) >= 11 is 3.35. The van der Waals surface area contributed by atoms with Crippen molar-refractivity contribution in [1.82, 2.24) is 0 Å². The predicted molar refractivity (Wildman–Crippen MR) is 55.5 cm³/mol. The molecule has 0 bridgehead atoms. The first-order valence-corrected chi connectivity index (χ1v) is 4.84. The van der Waals surface area contributed by atoms with Gasteiger partial charge in [-0.1, -0.05) is 0 Å². The molecule has 3 nitrogen and oxygen atoms in total. The summed E-state index contributed by atoms with van der Waals surface area (Å²) in [5.74, 6) is 0.0641. The van der Waals surface area contributed by atoms with Gasteiger partial charge in [0.25, 0.3) is 0 Å². The van der Waals surface area contributed by atoms with Crippen molar-refractivity contribution in [1.29, 1.82) is 0 Å². The predicted octanol–water partition coefficient (Wildman–Crippen LogP) is 1.92. The van der Waals surface area contributed by atoms with Crippen molar-refractivity contribution in [3.63, 3.8) is 0 Å². The lowest BCUT2D eigenvalue weighted by molar-refractivity contribution is -0.116. The number of aryl methyl sites for hydroxylation is 1. The highest BCUT2D eigenvalue weighted by Crippen LogP contribution is 2.30. The van der Waals surface area contributed by atoms with Crippen molar-refractivity contribution in [2.24, 2.45) is 0 Å². The Kier molecular flexibility index (Phi) is 2.00. The second-order valence-electron chi connectivity index (χ2n) is 3.08. The number of carbonyl (C=O) groups is 1. The first-order valence-electron chi connectivity index (χ1n) is 4.04. The maximum atomic E-state index is 11.1. The van der Waals surface area contributed by atoms with E-state index in [2.05, 4.69) is 21.2 Å². The third-order valence-electron chi connectivity index (χ3n) is 2.12. The van der Waals surface area contributed by atoms with E-state index in [9.17, 15) is 4.79 Å². The van der Waals surface area contributed by atoms with Crippen molar-refractivity contribution in [3.8, 4) is 0 Å². The van der Waals surface area contributed by atoms with E-state index in [0.717, 1.165) is 22.1 Å². The van der Waals surface area contributed by atoms with Gasteiger partial charge < -0.3 is 11.1 Å². The van der Waals surface area contributed by atoms with Crippen molar-refractivity contribution in [2.45, 2.75) is 12.8 Å². The summed E-state index contributed by atoms with van der Waals surface area (Å²) in [6.45, 7) is 0. The van der Waals surface area contributed by atoms with Gasteiger partial charge in [-0.3, -0.25) is 4.79 Å². The average molecular weight is 241 g/mol. The maximum Gasteiger partial charge on any atom is 0.224 e. The second-order valence-corrected chi connectivity index (χ2v) is 3.93. The van der Waals surface area contributed by atoms with Crippen LogP contribution in [0.15, 0.2) is 16.6 Å². The minimum Gasteiger partial charge on any atom is -0.398 e. The molecule has 0 fully saturated rings. The summed E-state index contributed by atoms with van der Waals surface area (Å²) in [4.78, 5) is 11.1. The summed E-state index contributed by atoms with van der Waals surface area (Å²) in [6, 6.07) is 3.75. The van der Waals surface area contributed by atoms with Crippen LogP contribution in [0, 0.1) is 0 Å². The lowest BCUT2D eigenvalue weighted by atomic mass is 10.0. The van der Waals surface area contributed by atoms with Gasteiger partial charge in [-0.25, -0.2) is 0 Å². The van der Waals surface area contributed by atoms with Crippen LogP contribution < -0.4 is 11.1 Å². The van der Waals surface area contributed by atoms with Gasteiger partial charge in [0, 0.05) is 22.3 Å². The van der Waals surface area contributed by atoms with Crippen molar-refractivity contribution >= 4 is 33.2 Å². The Morgan fingerprint density at radius 3 is 2.92 bits per heavy atom. The smallest absolute Gasteiger partial charge is 0.224 e. The molecule has 0 spiro atoms. The second kappa shape index (κ2) is 3.03. The molecule has 1 aromatic rings. The van der Waals surface area contributed by atoms with E-state index >= 15 is 0 Å². The Morgan fingerprint density at radius 1 is 1.38 bits per heavy atom.